The van der Waals surface area contributed by atoms with Crippen LogP contribution in [0.25, 0.3) is 0 Å². The lowest BCUT2D eigenvalue weighted by Gasteiger charge is -2.20. The summed E-state index contributed by atoms with van der Waals surface area (Å²) in [6.45, 7) is 1.18. The van der Waals surface area contributed by atoms with Crippen LogP contribution in [0.15, 0.2) is 29.1 Å². The number of likely N-dealkylation sites (tertiary alicyclic amines) is 1. The molecule has 4 nitrogen and oxygen atoms in total. The van der Waals surface area contributed by atoms with Gasteiger partial charge in [-0.15, -0.1) is 0 Å². The molecule has 1 fully saturated rings. The molecule has 0 spiro atoms. The predicted molar refractivity (Wildman–Crippen MR) is 86.5 cm³/mol. The van der Waals surface area contributed by atoms with E-state index in [1.165, 1.54) is 0 Å². The Balaban J connectivity index is 1.67. The molecule has 0 aliphatic carbocycles. The normalized spacial score (nSPS) is 18.2. The molecule has 0 saturated carbocycles. The maximum absolute atomic E-state index is 12.7. The van der Waals surface area contributed by atoms with Crippen LogP contribution in [0.5, 0.6) is 0 Å². The number of alkyl halides is 3. The summed E-state index contributed by atoms with van der Waals surface area (Å²) in [6.07, 6.45) is -2.62. The minimum absolute atomic E-state index is 0.153. The standard InChI is InChI=1S/C14H13F3N4S2/c15-14(16,17)11-1-4-18-12(20-11)9-2-5-21(7-9)13(22)19-10-3-6-23-8-10/h1,3-4,6,8-9H,2,5,7H2,(H,19,22). The molecule has 1 unspecified atom stereocenters. The molecule has 1 N–H and O–H groups in total. The Bertz CT molecular complexity index is 688. The molecular formula is C14H13F3N4S2. The van der Waals surface area contributed by atoms with E-state index in [0.29, 0.717) is 24.6 Å². The molecule has 2 aromatic heterocycles. The van der Waals surface area contributed by atoms with Crippen LogP contribution < -0.4 is 5.32 Å². The van der Waals surface area contributed by atoms with Gasteiger partial charge in [-0.3, -0.25) is 0 Å². The van der Waals surface area contributed by atoms with Crippen molar-refractivity contribution in [1.29, 1.82) is 0 Å². The average Bonchev–Trinajstić information content (AvgIpc) is 3.17. The quantitative estimate of drug-likeness (QED) is 0.828. The van der Waals surface area contributed by atoms with Crippen molar-refractivity contribution in [3.63, 3.8) is 0 Å². The number of aromatic nitrogens is 2. The van der Waals surface area contributed by atoms with Gasteiger partial charge in [-0.05, 0) is 36.2 Å². The minimum Gasteiger partial charge on any atom is -0.348 e. The zero-order chi connectivity index (χ0) is 16.4. The highest BCUT2D eigenvalue weighted by Gasteiger charge is 2.34. The van der Waals surface area contributed by atoms with E-state index in [1.54, 1.807) is 11.3 Å². The molecule has 0 amide bonds. The third-order valence-corrected chi connectivity index (χ3v) is 4.62. The molecule has 23 heavy (non-hydrogen) atoms. The lowest BCUT2D eigenvalue weighted by Crippen LogP contribution is -2.32. The molecule has 0 bridgehead atoms. The Morgan fingerprint density at radius 3 is 2.91 bits per heavy atom. The van der Waals surface area contributed by atoms with Crippen molar-refractivity contribution in [3.05, 3.63) is 40.6 Å². The van der Waals surface area contributed by atoms with Crippen LogP contribution in [0, 0.1) is 0 Å². The van der Waals surface area contributed by atoms with E-state index in [1.807, 2.05) is 21.7 Å². The Hall–Kier alpha value is -1.74. The zero-order valence-electron chi connectivity index (χ0n) is 11.9. The van der Waals surface area contributed by atoms with Crippen molar-refractivity contribution >= 4 is 34.4 Å². The van der Waals surface area contributed by atoms with Crippen LogP contribution in [0.2, 0.25) is 0 Å². The number of thiocarbonyl (C=S) groups is 1. The maximum atomic E-state index is 12.7. The van der Waals surface area contributed by atoms with Crippen molar-refractivity contribution in [2.24, 2.45) is 0 Å². The number of halogens is 3. The number of nitrogens with one attached hydrogen (secondary N) is 1. The first-order valence-corrected chi connectivity index (χ1v) is 8.27. The minimum atomic E-state index is -4.45. The van der Waals surface area contributed by atoms with Crippen molar-refractivity contribution < 1.29 is 13.2 Å². The van der Waals surface area contributed by atoms with Crippen molar-refractivity contribution in [2.75, 3.05) is 18.4 Å². The van der Waals surface area contributed by atoms with Gasteiger partial charge in [-0.1, -0.05) is 0 Å². The van der Waals surface area contributed by atoms with E-state index < -0.39 is 11.9 Å². The molecule has 1 aliphatic heterocycles. The number of hydrogen-bond acceptors (Lipinski definition) is 4. The molecule has 0 radical (unpaired) electrons. The van der Waals surface area contributed by atoms with Gasteiger partial charge in [0.2, 0.25) is 0 Å². The lowest BCUT2D eigenvalue weighted by molar-refractivity contribution is -0.141. The maximum Gasteiger partial charge on any atom is 0.433 e. The van der Waals surface area contributed by atoms with Crippen molar-refractivity contribution in [3.8, 4) is 0 Å². The molecule has 122 valence electrons. The van der Waals surface area contributed by atoms with Crippen LogP contribution in [0.4, 0.5) is 18.9 Å². The molecule has 0 aromatic carbocycles. The lowest BCUT2D eigenvalue weighted by atomic mass is 10.1. The Kier molecular flexibility index (Phi) is 4.49. The second-order valence-corrected chi connectivity index (χ2v) is 6.34. The highest BCUT2D eigenvalue weighted by Crippen LogP contribution is 2.30. The summed E-state index contributed by atoms with van der Waals surface area (Å²) >= 11 is 6.91. The van der Waals surface area contributed by atoms with Crippen LogP contribution in [0.1, 0.15) is 23.9 Å². The first-order valence-electron chi connectivity index (χ1n) is 6.92. The van der Waals surface area contributed by atoms with Gasteiger partial charge in [0.1, 0.15) is 11.5 Å². The molecule has 3 rings (SSSR count). The second-order valence-electron chi connectivity index (χ2n) is 5.17. The SMILES string of the molecule is FC(F)(F)c1ccnc(C2CCN(C(=S)Nc3ccsc3)C2)n1. The van der Waals surface area contributed by atoms with Gasteiger partial charge in [0.25, 0.3) is 0 Å². The van der Waals surface area contributed by atoms with Gasteiger partial charge in [-0.2, -0.15) is 24.5 Å². The largest absolute Gasteiger partial charge is 0.433 e. The summed E-state index contributed by atoms with van der Waals surface area (Å²) in [4.78, 5) is 9.61. The van der Waals surface area contributed by atoms with Crippen LogP contribution in [-0.2, 0) is 6.18 Å². The van der Waals surface area contributed by atoms with E-state index in [2.05, 4.69) is 15.3 Å². The van der Waals surface area contributed by atoms with Gasteiger partial charge in [-0.25, -0.2) is 9.97 Å². The number of hydrogen-bond donors (Lipinski definition) is 1. The van der Waals surface area contributed by atoms with E-state index >= 15 is 0 Å². The van der Waals surface area contributed by atoms with Crippen LogP contribution in [-0.4, -0.2) is 33.1 Å². The summed E-state index contributed by atoms with van der Waals surface area (Å²) < 4.78 is 38.2. The highest BCUT2D eigenvalue weighted by molar-refractivity contribution is 7.80. The van der Waals surface area contributed by atoms with Gasteiger partial charge < -0.3 is 10.2 Å². The topological polar surface area (TPSA) is 41.1 Å². The van der Waals surface area contributed by atoms with Crippen molar-refractivity contribution in [2.45, 2.75) is 18.5 Å². The fourth-order valence-electron chi connectivity index (χ4n) is 2.42. The Morgan fingerprint density at radius 1 is 1.39 bits per heavy atom. The molecule has 1 saturated heterocycles. The third kappa shape index (κ3) is 3.78. The molecular weight excluding hydrogens is 345 g/mol. The van der Waals surface area contributed by atoms with E-state index in [4.69, 9.17) is 12.2 Å². The average molecular weight is 358 g/mol. The van der Waals surface area contributed by atoms with Crippen molar-refractivity contribution in [1.82, 2.24) is 14.9 Å². The van der Waals surface area contributed by atoms with Gasteiger partial charge in [0, 0.05) is 30.6 Å². The first-order chi connectivity index (χ1) is 10.9. The molecule has 3 heterocycles. The Morgan fingerprint density at radius 2 is 2.22 bits per heavy atom. The summed E-state index contributed by atoms with van der Waals surface area (Å²) in [5.74, 6) is 0.0696. The Labute approximate surface area is 140 Å². The fourth-order valence-corrected chi connectivity index (χ4v) is 3.29. The van der Waals surface area contributed by atoms with E-state index in [0.717, 1.165) is 18.0 Å². The number of thiophene rings is 1. The van der Waals surface area contributed by atoms with Gasteiger partial charge >= 0.3 is 6.18 Å². The smallest absolute Gasteiger partial charge is 0.348 e. The number of anilines is 1. The molecule has 1 atom stereocenters. The van der Waals surface area contributed by atoms with Gasteiger partial charge in [0.05, 0.1) is 5.69 Å². The van der Waals surface area contributed by atoms with E-state index in [9.17, 15) is 13.2 Å². The summed E-state index contributed by atoms with van der Waals surface area (Å²) in [5.41, 5.74) is 0.0127. The molecule has 2 aromatic rings. The summed E-state index contributed by atoms with van der Waals surface area (Å²) in [6, 6.07) is 2.80. The molecule has 9 heteroatoms. The summed E-state index contributed by atoms with van der Waals surface area (Å²) in [5, 5.41) is 7.56. The van der Waals surface area contributed by atoms with Crippen LogP contribution >= 0.6 is 23.6 Å². The van der Waals surface area contributed by atoms with E-state index in [-0.39, 0.29) is 11.7 Å². The fraction of sp³-hybridized carbons (Fsp3) is 0.357. The monoisotopic (exact) mass is 358 g/mol. The molecule has 1 aliphatic rings. The van der Waals surface area contributed by atoms with Gasteiger partial charge in [0.15, 0.2) is 5.11 Å². The second kappa shape index (κ2) is 6.40. The number of rotatable bonds is 2. The van der Waals surface area contributed by atoms with Crippen LogP contribution in [0.3, 0.4) is 0 Å². The first kappa shape index (κ1) is 16.1. The predicted octanol–water partition coefficient (Wildman–Crippen LogP) is 3.74. The summed E-state index contributed by atoms with van der Waals surface area (Å²) in [7, 11) is 0. The zero-order valence-corrected chi connectivity index (χ0v) is 13.5. The third-order valence-electron chi connectivity index (χ3n) is 3.58. The highest BCUT2D eigenvalue weighted by atomic mass is 32.1. The number of nitrogens with zero attached hydrogens (tertiary/aromatic N) is 3.